The van der Waals surface area contributed by atoms with E-state index in [1.165, 1.54) is 4.90 Å². The minimum absolute atomic E-state index is 0.160. The van der Waals surface area contributed by atoms with Gasteiger partial charge >= 0.3 is 0 Å². The van der Waals surface area contributed by atoms with Gasteiger partial charge in [0.15, 0.2) is 6.61 Å². The van der Waals surface area contributed by atoms with Crippen LogP contribution in [0.15, 0.2) is 53.0 Å². The van der Waals surface area contributed by atoms with Gasteiger partial charge in [0.25, 0.3) is 5.91 Å². The van der Waals surface area contributed by atoms with Crippen LogP contribution in [-0.2, 0) is 16.1 Å². The van der Waals surface area contributed by atoms with Gasteiger partial charge in [-0.25, -0.2) is 0 Å². The summed E-state index contributed by atoms with van der Waals surface area (Å²) in [5, 5.41) is 2.58. The molecule has 0 aliphatic rings. The molecule has 2 aromatic rings. The van der Waals surface area contributed by atoms with Gasteiger partial charge in [-0.15, -0.1) is 0 Å². The van der Waals surface area contributed by atoms with E-state index >= 15 is 0 Å². The highest BCUT2D eigenvalue weighted by Crippen LogP contribution is 2.18. The average molecular weight is 435 g/mol. The fraction of sp³-hybridized carbons (Fsp3) is 0.300. The lowest BCUT2D eigenvalue weighted by atomic mass is 10.1. The summed E-state index contributed by atoms with van der Waals surface area (Å²) >= 11 is 3.36. The van der Waals surface area contributed by atoms with Crippen LogP contribution in [0.25, 0.3) is 0 Å². The number of hydrogen-bond acceptors (Lipinski definition) is 4. The zero-order valence-electron chi connectivity index (χ0n) is 15.6. The predicted octanol–water partition coefficient (Wildman–Crippen LogP) is 3.00. The number of rotatable bonds is 8. The molecule has 0 aliphatic heterocycles. The number of ether oxygens (including phenoxy) is 2. The van der Waals surface area contributed by atoms with Crippen LogP contribution in [0.1, 0.15) is 12.5 Å². The van der Waals surface area contributed by atoms with Gasteiger partial charge in [0, 0.05) is 18.1 Å². The fourth-order valence-corrected chi connectivity index (χ4v) is 2.78. The SMILES string of the molecule is CNC(=O)[C@H](C)N(Cc1cccc(OC)c1)C(=O)COc1ccc(Br)cc1. The molecule has 2 aromatic carbocycles. The Morgan fingerprint density at radius 2 is 1.85 bits per heavy atom. The van der Waals surface area contributed by atoms with E-state index in [1.54, 1.807) is 33.2 Å². The standard InChI is InChI=1S/C20H23BrN2O4/c1-14(20(25)22-2)23(12-15-5-4-6-18(11-15)26-3)19(24)13-27-17-9-7-16(21)8-10-17/h4-11,14H,12-13H2,1-3H3,(H,22,25)/t14-/m0/s1. The van der Waals surface area contributed by atoms with Gasteiger partial charge < -0.3 is 19.7 Å². The number of nitrogens with one attached hydrogen (secondary N) is 1. The fourth-order valence-electron chi connectivity index (χ4n) is 2.52. The summed E-state index contributed by atoms with van der Waals surface area (Å²) in [7, 11) is 3.13. The van der Waals surface area contributed by atoms with Crippen molar-refractivity contribution >= 4 is 27.7 Å². The van der Waals surface area contributed by atoms with Crippen LogP contribution in [0.2, 0.25) is 0 Å². The maximum atomic E-state index is 12.8. The van der Waals surface area contributed by atoms with Crippen molar-refractivity contribution in [2.24, 2.45) is 0 Å². The summed E-state index contributed by atoms with van der Waals surface area (Å²) in [6.45, 7) is 1.80. The molecule has 6 nitrogen and oxygen atoms in total. The Labute approximate surface area is 167 Å². The molecule has 0 radical (unpaired) electrons. The maximum absolute atomic E-state index is 12.8. The van der Waals surface area contributed by atoms with Crippen molar-refractivity contribution in [3.05, 3.63) is 58.6 Å². The predicted molar refractivity (Wildman–Crippen MR) is 107 cm³/mol. The van der Waals surface area contributed by atoms with Gasteiger partial charge in [-0.3, -0.25) is 9.59 Å². The first-order valence-corrected chi connectivity index (χ1v) is 9.26. The molecule has 0 aliphatic carbocycles. The molecule has 0 bridgehead atoms. The molecule has 0 saturated heterocycles. The van der Waals surface area contributed by atoms with Gasteiger partial charge in [0.2, 0.25) is 5.91 Å². The van der Waals surface area contributed by atoms with E-state index in [-0.39, 0.29) is 25.0 Å². The van der Waals surface area contributed by atoms with Crippen LogP contribution in [0.5, 0.6) is 11.5 Å². The van der Waals surface area contributed by atoms with Crippen LogP contribution in [0, 0.1) is 0 Å². The van der Waals surface area contributed by atoms with Gasteiger partial charge in [0.1, 0.15) is 17.5 Å². The lowest BCUT2D eigenvalue weighted by molar-refractivity contribution is -0.142. The third-order valence-corrected chi connectivity index (χ3v) is 4.61. The number of likely N-dealkylation sites (N-methyl/N-ethyl adjacent to an activating group) is 1. The number of amides is 2. The first-order chi connectivity index (χ1) is 12.9. The first kappa shape index (κ1) is 20.8. The first-order valence-electron chi connectivity index (χ1n) is 8.47. The van der Waals surface area contributed by atoms with Crippen LogP contribution < -0.4 is 14.8 Å². The summed E-state index contributed by atoms with van der Waals surface area (Å²) in [6, 6.07) is 14.0. The van der Waals surface area contributed by atoms with Gasteiger partial charge in [-0.2, -0.15) is 0 Å². The number of benzene rings is 2. The van der Waals surface area contributed by atoms with E-state index in [4.69, 9.17) is 9.47 Å². The highest BCUT2D eigenvalue weighted by molar-refractivity contribution is 9.10. The summed E-state index contributed by atoms with van der Waals surface area (Å²) in [5.41, 5.74) is 0.863. The third-order valence-electron chi connectivity index (χ3n) is 4.08. The smallest absolute Gasteiger partial charge is 0.261 e. The monoisotopic (exact) mass is 434 g/mol. The molecule has 1 atom stereocenters. The number of carbonyl (C=O) groups is 2. The number of halogens is 1. The van der Waals surface area contributed by atoms with E-state index in [1.807, 2.05) is 36.4 Å². The highest BCUT2D eigenvalue weighted by Gasteiger charge is 2.26. The molecule has 0 spiro atoms. The molecule has 2 amide bonds. The van der Waals surface area contributed by atoms with E-state index in [0.29, 0.717) is 11.5 Å². The molecular weight excluding hydrogens is 412 g/mol. The summed E-state index contributed by atoms with van der Waals surface area (Å²) in [5.74, 6) is 0.755. The lowest BCUT2D eigenvalue weighted by Crippen LogP contribution is -2.48. The number of carbonyl (C=O) groups excluding carboxylic acids is 2. The molecular formula is C20H23BrN2O4. The van der Waals surface area contributed by atoms with Crippen LogP contribution in [0.3, 0.4) is 0 Å². The Morgan fingerprint density at radius 3 is 2.48 bits per heavy atom. The summed E-state index contributed by atoms with van der Waals surface area (Å²) in [6.07, 6.45) is 0. The third kappa shape index (κ3) is 5.99. The van der Waals surface area contributed by atoms with Gasteiger partial charge in [0.05, 0.1) is 7.11 Å². The van der Waals surface area contributed by atoms with Gasteiger partial charge in [-0.05, 0) is 48.9 Å². The van der Waals surface area contributed by atoms with Crippen molar-refractivity contribution in [2.45, 2.75) is 19.5 Å². The molecule has 0 aromatic heterocycles. The van der Waals surface area contributed by atoms with E-state index in [9.17, 15) is 9.59 Å². The van der Waals surface area contributed by atoms with Crippen molar-refractivity contribution < 1.29 is 19.1 Å². The molecule has 144 valence electrons. The number of hydrogen-bond donors (Lipinski definition) is 1. The topological polar surface area (TPSA) is 67.9 Å². The van der Waals surface area contributed by atoms with Crippen LogP contribution in [-0.4, -0.2) is 43.5 Å². The average Bonchev–Trinajstić information content (AvgIpc) is 2.70. The molecule has 0 unspecified atom stereocenters. The lowest BCUT2D eigenvalue weighted by Gasteiger charge is -2.28. The minimum Gasteiger partial charge on any atom is -0.497 e. The molecule has 0 saturated carbocycles. The van der Waals surface area contributed by atoms with Crippen LogP contribution >= 0.6 is 15.9 Å². The molecule has 7 heteroatoms. The second-order valence-electron chi connectivity index (χ2n) is 5.91. The minimum atomic E-state index is -0.637. The molecule has 27 heavy (non-hydrogen) atoms. The molecule has 2 rings (SSSR count). The van der Waals surface area contributed by atoms with E-state index in [0.717, 1.165) is 10.0 Å². The summed E-state index contributed by atoms with van der Waals surface area (Å²) in [4.78, 5) is 26.4. The zero-order valence-corrected chi connectivity index (χ0v) is 17.2. The quantitative estimate of drug-likeness (QED) is 0.693. The molecule has 0 fully saturated rings. The van der Waals surface area contributed by atoms with Crippen molar-refractivity contribution in [3.63, 3.8) is 0 Å². The molecule has 1 N–H and O–H groups in total. The zero-order chi connectivity index (χ0) is 19.8. The largest absolute Gasteiger partial charge is 0.497 e. The Balaban J connectivity index is 2.13. The normalized spacial score (nSPS) is 11.4. The number of nitrogens with zero attached hydrogens (tertiary/aromatic N) is 1. The Morgan fingerprint density at radius 1 is 1.15 bits per heavy atom. The number of methoxy groups -OCH3 is 1. The van der Waals surface area contributed by atoms with Crippen LogP contribution in [0.4, 0.5) is 0 Å². The second-order valence-corrected chi connectivity index (χ2v) is 6.82. The van der Waals surface area contributed by atoms with Crippen molar-refractivity contribution in [3.8, 4) is 11.5 Å². The second kappa shape index (κ2) is 9.97. The van der Waals surface area contributed by atoms with E-state index < -0.39 is 6.04 Å². The molecule has 0 heterocycles. The van der Waals surface area contributed by atoms with E-state index in [2.05, 4.69) is 21.2 Å². The van der Waals surface area contributed by atoms with Crippen molar-refractivity contribution in [1.29, 1.82) is 0 Å². The Bertz CT molecular complexity index is 780. The Kier molecular flexibility index (Phi) is 7.67. The highest BCUT2D eigenvalue weighted by atomic mass is 79.9. The summed E-state index contributed by atoms with van der Waals surface area (Å²) < 4.78 is 11.7. The van der Waals surface area contributed by atoms with Crippen molar-refractivity contribution in [2.75, 3.05) is 20.8 Å². The van der Waals surface area contributed by atoms with Crippen molar-refractivity contribution in [1.82, 2.24) is 10.2 Å². The maximum Gasteiger partial charge on any atom is 0.261 e. The Hall–Kier alpha value is -2.54. The van der Waals surface area contributed by atoms with Gasteiger partial charge in [-0.1, -0.05) is 28.1 Å².